The van der Waals surface area contributed by atoms with E-state index in [2.05, 4.69) is 0 Å². The fourth-order valence-electron chi connectivity index (χ4n) is 3.10. The molecule has 0 unspecified atom stereocenters. The lowest BCUT2D eigenvalue weighted by Gasteiger charge is -2.26. The van der Waals surface area contributed by atoms with Crippen LogP contribution in [0.1, 0.15) is 18.9 Å². The lowest BCUT2D eigenvalue weighted by atomic mass is 10.1. The average Bonchev–Trinajstić information content (AvgIpc) is 2.99. The van der Waals surface area contributed by atoms with E-state index in [-0.39, 0.29) is 23.7 Å². The molecule has 0 bridgehead atoms. The summed E-state index contributed by atoms with van der Waals surface area (Å²) >= 11 is 5.95. The van der Waals surface area contributed by atoms with Crippen LogP contribution in [-0.4, -0.2) is 62.5 Å². The van der Waals surface area contributed by atoms with E-state index in [1.807, 2.05) is 0 Å². The standard InChI is InChI=1S/C18H20ClNO6S/c1-11(17(21)20(2)15-5-6-27(23,24)10-15)26-18(22)13-7-12-8-14(19)3-4-16(12)25-9-13/h3-4,7-8,11,15H,5-6,9-10H2,1-2H3/t11-,15-/m0/s1. The number of esters is 1. The summed E-state index contributed by atoms with van der Waals surface area (Å²) in [5, 5.41) is 0.514. The Hall–Kier alpha value is -2.06. The molecule has 2 aliphatic heterocycles. The first-order chi connectivity index (χ1) is 12.7. The van der Waals surface area contributed by atoms with Crippen LogP contribution in [0.25, 0.3) is 6.08 Å². The highest BCUT2D eigenvalue weighted by molar-refractivity contribution is 7.91. The average molecular weight is 414 g/mol. The first-order valence-electron chi connectivity index (χ1n) is 8.47. The van der Waals surface area contributed by atoms with Gasteiger partial charge >= 0.3 is 5.97 Å². The molecule has 0 N–H and O–H groups in total. The summed E-state index contributed by atoms with van der Waals surface area (Å²) in [5.74, 6) is -0.482. The van der Waals surface area contributed by atoms with Crippen molar-refractivity contribution in [2.75, 3.05) is 25.2 Å². The van der Waals surface area contributed by atoms with Crippen LogP contribution in [0.15, 0.2) is 23.8 Å². The number of ether oxygens (including phenoxy) is 2. The summed E-state index contributed by atoms with van der Waals surface area (Å²) in [6, 6.07) is 4.69. The molecule has 1 saturated heterocycles. The van der Waals surface area contributed by atoms with Gasteiger partial charge in [0.15, 0.2) is 15.9 Å². The lowest BCUT2D eigenvalue weighted by Crippen LogP contribution is -2.44. The van der Waals surface area contributed by atoms with Gasteiger partial charge in [0.05, 0.1) is 17.1 Å². The molecule has 0 aliphatic carbocycles. The Morgan fingerprint density at radius 3 is 2.78 bits per heavy atom. The van der Waals surface area contributed by atoms with E-state index in [1.165, 1.54) is 18.9 Å². The quantitative estimate of drug-likeness (QED) is 0.698. The number of halogens is 1. The summed E-state index contributed by atoms with van der Waals surface area (Å²) in [4.78, 5) is 26.2. The van der Waals surface area contributed by atoms with Crippen LogP contribution >= 0.6 is 11.6 Å². The molecule has 1 aromatic rings. The molecule has 1 fully saturated rings. The number of benzene rings is 1. The number of likely N-dealkylation sites (N-methyl/N-ethyl adjacent to an activating group) is 1. The zero-order valence-corrected chi connectivity index (χ0v) is 16.5. The van der Waals surface area contributed by atoms with Gasteiger partial charge in [-0.1, -0.05) is 11.6 Å². The van der Waals surface area contributed by atoms with E-state index in [0.717, 1.165) is 0 Å². The van der Waals surface area contributed by atoms with Crippen molar-refractivity contribution in [1.29, 1.82) is 0 Å². The first-order valence-corrected chi connectivity index (χ1v) is 10.7. The van der Waals surface area contributed by atoms with Crippen molar-refractivity contribution in [2.24, 2.45) is 0 Å². The maximum atomic E-state index is 12.5. The third-order valence-corrected chi connectivity index (χ3v) is 6.67. The van der Waals surface area contributed by atoms with E-state index in [1.54, 1.807) is 24.3 Å². The molecule has 1 amide bonds. The normalized spacial score (nSPS) is 21.4. The summed E-state index contributed by atoms with van der Waals surface area (Å²) in [7, 11) is -1.58. The molecule has 3 rings (SSSR count). The Bertz CT molecular complexity index is 910. The van der Waals surface area contributed by atoms with E-state index >= 15 is 0 Å². The van der Waals surface area contributed by atoms with Gasteiger partial charge in [0.25, 0.3) is 5.91 Å². The van der Waals surface area contributed by atoms with Crippen molar-refractivity contribution >= 4 is 39.4 Å². The summed E-state index contributed by atoms with van der Waals surface area (Å²) < 4.78 is 34.0. The topological polar surface area (TPSA) is 90.0 Å². The highest BCUT2D eigenvalue weighted by atomic mass is 35.5. The fraction of sp³-hybridized carbons (Fsp3) is 0.444. The number of hydrogen-bond donors (Lipinski definition) is 0. The number of amides is 1. The van der Waals surface area contributed by atoms with Gasteiger partial charge in [0, 0.05) is 23.7 Å². The van der Waals surface area contributed by atoms with E-state index in [4.69, 9.17) is 21.1 Å². The maximum absolute atomic E-state index is 12.5. The van der Waals surface area contributed by atoms with Gasteiger partial charge in [-0.2, -0.15) is 0 Å². The van der Waals surface area contributed by atoms with Crippen molar-refractivity contribution in [3.05, 3.63) is 34.4 Å². The number of carbonyl (C=O) groups is 2. The van der Waals surface area contributed by atoms with Gasteiger partial charge in [-0.05, 0) is 37.6 Å². The van der Waals surface area contributed by atoms with Crippen LogP contribution in [0.3, 0.4) is 0 Å². The molecule has 2 atom stereocenters. The maximum Gasteiger partial charge on any atom is 0.338 e. The third-order valence-electron chi connectivity index (χ3n) is 4.68. The zero-order valence-electron chi connectivity index (χ0n) is 15.0. The number of hydrogen-bond acceptors (Lipinski definition) is 6. The van der Waals surface area contributed by atoms with Crippen molar-refractivity contribution < 1.29 is 27.5 Å². The Balaban J connectivity index is 1.64. The molecule has 9 heteroatoms. The number of rotatable bonds is 4. The largest absolute Gasteiger partial charge is 0.488 e. The Kier molecular flexibility index (Phi) is 5.48. The Labute approximate surface area is 162 Å². The van der Waals surface area contributed by atoms with Crippen molar-refractivity contribution in [3.63, 3.8) is 0 Å². The Morgan fingerprint density at radius 1 is 1.37 bits per heavy atom. The van der Waals surface area contributed by atoms with Gasteiger partial charge in [-0.15, -0.1) is 0 Å². The summed E-state index contributed by atoms with van der Waals surface area (Å²) in [6.45, 7) is 1.50. The minimum Gasteiger partial charge on any atom is -0.488 e. The molecule has 0 saturated carbocycles. The molecule has 0 spiro atoms. The lowest BCUT2D eigenvalue weighted by molar-refractivity contribution is -0.156. The minimum absolute atomic E-state index is 0.0328. The highest BCUT2D eigenvalue weighted by Gasteiger charge is 2.35. The number of nitrogens with zero attached hydrogens (tertiary/aromatic N) is 1. The van der Waals surface area contributed by atoms with E-state index in [9.17, 15) is 18.0 Å². The molecule has 2 aliphatic rings. The van der Waals surface area contributed by atoms with Gasteiger partial charge < -0.3 is 14.4 Å². The van der Waals surface area contributed by atoms with Crippen LogP contribution in [0.4, 0.5) is 0 Å². The zero-order chi connectivity index (χ0) is 19.8. The minimum atomic E-state index is -3.11. The van der Waals surface area contributed by atoms with Crippen LogP contribution < -0.4 is 4.74 Å². The fourth-order valence-corrected chi connectivity index (χ4v) is 5.06. The molecule has 2 heterocycles. The predicted octanol–water partition coefficient (Wildman–Crippen LogP) is 1.69. The monoisotopic (exact) mass is 413 g/mol. The van der Waals surface area contributed by atoms with E-state index in [0.29, 0.717) is 22.8 Å². The molecule has 27 heavy (non-hydrogen) atoms. The number of sulfone groups is 1. The molecule has 146 valence electrons. The van der Waals surface area contributed by atoms with Crippen molar-refractivity contribution in [3.8, 4) is 5.75 Å². The smallest absolute Gasteiger partial charge is 0.338 e. The molecule has 0 aromatic heterocycles. The second kappa shape index (κ2) is 7.52. The van der Waals surface area contributed by atoms with Crippen molar-refractivity contribution in [2.45, 2.75) is 25.5 Å². The molecule has 1 aromatic carbocycles. The van der Waals surface area contributed by atoms with Gasteiger partial charge in [-0.25, -0.2) is 13.2 Å². The van der Waals surface area contributed by atoms with Crippen LogP contribution in [0.2, 0.25) is 5.02 Å². The molecule has 0 radical (unpaired) electrons. The van der Waals surface area contributed by atoms with E-state index < -0.39 is 33.9 Å². The first kappa shape index (κ1) is 19.7. The third kappa shape index (κ3) is 4.44. The van der Waals surface area contributed by atoms with Gasteiger partial charge in [-0.3, -0.25) is 4.79 Å². The van der Waals surface area contributed by atoms with Crippen molar-refractivity contribution in [1.82, 2.24) is 4.90 Å². The second-order valence-corrected chi connectivity index (χ2v) is 9.36. The van der Waals surface area contributed by atoms with Crippen LogP contribution in [-0.2, 0) is 24.2 Å². The van der Waals surface area contributed by atoms with Crippen LogP contribution in [0, 0.1) is 0 Å². The SMILES string of the molecule is C[C@H](OC(=O)C1=Cc2cc(Cl)ccc2OC1)C(=O)N(C)[C@H]1CCS(=O)(=O)C1. The Morgan fingerprint density at radius 2 is 2.11 bits per heavy atom. The molecule has 7 nitrogen and oxygen atoms in total. The highest BCUT2D eigenvalue weighted by Crippen LogP contribution is 2.29. The molecular weight excluding hydrogens is 394 g/mol. The summed E-state index contributed by atoms with van der Waals surface area (Å²) in [5.41, 5.74) is 0.934. The van der Waals surface area contributed by atoms with Gasteiger partial charge in [0.2, 0.25) is 0 Å². The second-order valence-electron chi connectivity index (χ2n) is 6.69. The molecular formula is C18H20ClNO6S. The van der Waals surface area contributed by atoms with Crippen LogP contribution in [0.5, 0.6) is 5.75 Å². The predicted molar refractivity (Wildman–Crippen MR) is 100 cm³/mol. The van der Waals surface area contributed by atoms with Gasteiger partial charge in [0.1, 0.15) is 12.4 Å². The number of carbonyl (C=O) groups excluding carboxylic acids is 2. The summed E-state index contributed by atoms with van der Waals surface area (Å²) in [6.07, 6.45) is 0.978. The number of fused-ring (bicyclic) bond motifs is 1.